The van der Waals surface area contributed by atoms with Crippen LogP contribution in [0.25, 0.3) is 11.1 Å². The average Bonchev–Trinajstić information content (AvgIpc) is 2.49. The normalized spacial score (nSPS) is 14.7. The standard InChI is InChI=1S/C15H13N3O/c19-15-3-1-2-8-18(15)14-6-4-12(5-7-14)13-9-16-11-17-10-13/h1,3-7,9-11H,2,8H2. The molecule has 0 saturated carbocycles. The van der Waals surface area contributed by atoms with Gasteiger partial charge in [0, 0.05) is 30.2 Å². The van der Waals surface area contributed by atoms with Crippen LogP contribution in [0.1, 0.15) is 6.42 Å². The topological polar surface area (TPSA) is 46.1 Å². The average molecular weight is 251 g/mol. The van der Waals surface area contributed by atoms with Gasteiger partial charge in [0.1, 0.15) is 6.33 Å². The highest BCUT2D eigenvalue weighted by molar-refractivity contribution is 6.02. The molecule has 0 unspecified atom stereocenters. The summed E-state index contributed by atoms with van der Waals surface area (Å²) in [6.45, 7) is 0.739. The molecule has 1 aromatic heterocycles. The summed E-state index contributed by atoms with van der Waals surface area (Å²) in [4.78, 5) is 21.6. The third-order valence-corrected chi connectivity index (χ3v) is 3.12. The Labute approximate surface area is 111 Å². The van der Waals surface area contributed by atoms with Gasteiger partial charge in [0.05, 0.1) is 0 Å². The number of amides is 1. The summed E-state index contributed by atoms with van der Waals surface area (Å²) in [5, 5.41) is 0. The van der Waals surface area contributed by atoms with E-state index >= 15 is 0 Å². The van der Waals surface area contributed by atoms with Gasteiger partial charge in [-0.05, 0) is 30.2 Å². The molecule has 4 heteroatoms. The van der Waals surface area contributed by atoms with Gasteiger partial charge in [-0.25, -0.2) is 9.97 Å². The van der Waals surface area contributed by atoms with Crippen molar-refractivity contribution in [3.05, 3.63) is 55.1 Å². The molecule has 0 aliphatic carbocycles. The molecule has 1 aromatic carbocycles. The van der Waals surface area contributed by atoms with Gasteiger partial charge >= 0.3 is 0 Å². The van der Waals surface area contributed by atoms with Crippen LogP contribution in [0.15, 0.2) is 55.1 Å². The van der Waals surface area contributed by atoms with E-state index in [0.717, 1.165) is 29.8 Å². The van der Waals surface area contributed by atoms with Crippen molar-refractivity contribution in [3.8, 4) is 11.1 Å². The molecule has 0 spiro atoms. The summed E-state index contributed by atoms with van der Waals surface area (Å²) in [6.07, 6.45) is 9.50. The number of hydrogen-bond donors (Lipinski definition) is 0. The molecule has 0 bridgehead atoms. The highest BCUT2D eigenvalue weighted by atomic mass is 16.2. The Kier molecular flexibility index (Phi) is 3.06. The summed E-state index contributed by atoms with van der Waals surface area (Å²) < 4.78 is 0. The van der Waals surface area contributed by atoms with Gasteiger partial charge in [-0.1, -0.05) is 18.2 Å². The molecular weight excluding hydrogens is 238 g/mol. The summed E-state index contributed by atoms with van der Waals surface area (Å²) in [5.74, 6) is 0.0436. The van der Waals surface area contributed by atoms with Crippen LogP contribution in [0.3, 0.4) is 0 Å². The van der Waals surface area contributed by atoms with Gasteiger partial charge < -0.3 is 4.90 Å². The molecule has 3 rings (SSSR count). The van der Waals surface area contributed by atoms with Crippen LogP contribution in [-0.4, -0.2) is 22.4 Å². The van der Waals surface area contributed by atoms with E-state index < -0.39 is 0 Å². The summed E-state index contributed by atoms with van der Waals surface area (Å²) >= 11 is 0. The fraction of sp³-hybridized carbons (Fsp3) is 0.133. The van der Waals surface area contributed by atoms with E-state index in [-0.39, 0.29) is 5.91 Å². The lowest BCUT2D eigenvalue weighted by atomic mass is 10.1. The molecule has 0 atom stereocenters. The van der Waals surface area contributed by atoms with Gasteiger partial charge in [0.2, 0.25) is 0 Å². The molecule has 1 amide bonds. The largest absolute Gasteiger partial charge is 0.309 e. The molecule has 2 heterocycles. The molecule has 0 radical (unpaired) electrons. The monoisotopic (exact) mass is 251 g/mol. The number of anilines is 1. The van der Waals surface area contributed by atoms with Crippen LogP contribution in [0, 0.1) is 0 Å². The molecule has 1 aliphatic rings. The summed E-state index contributed by atoms with van der Waals surface area (Å²) in [6, 6.07) is 7.89. The van der Waals surface area contributed by atoms with Crippen molar-refractivity contribution in [1.29, 1.82) is 0 Å². The number of carbonyl (C=O) groups excluding carboxylic acids is 1. The SMILES string of the molecule is O=C1C=CCCN1c1ccc(-c2cncnc2)cc1. The Balaban J connectivity index is 1.87. The van der Waals surface area contributed by atoms with Crippen LogP contribution in [0.4, 0.5) is 5.69 Å². The molecule has 2 aromatic rings. The van der Waals surface area contributed by atoms with Crippen molar-refractivity contribution in [1.82, 2.24) is 9.97 Å². The van der Waals surface area contributed by atoms with Crippen LogP contribution in [0.5, 0.6) is 0 Å². The zero-order valence-corrected chi connectivity index (χ0v) is 10.4. The molecule has 19 heavy (non-hydrogen) atoms. The first kappa shape index (κ1) is 11.6. The summed E-state index contributed by atoms with van der Waals surface area (Å²) in [5.41, 5.74) is 2.94. The lowest BCUT2D eigenvalue weighted by molar-refractivity contribution is -0.114. The Morgan fingerprint density at radius 2 is 1.74 bits per heavy atom. The maximum atomic E-state index is 11.8. The van der Waals surface area contributed by atoms with E-state index in [1.165, 1.54) is 6.33 Å². The lowest BCUT2D eigenvalue weighted by Gasteiger charge is -2.23. The molecular formula is C15H13N3O. The zero-order chi connectivity index (χ0) is 13.1. The first-order valence-corrected chi connectivity index (χ1v) is 6.18. The Hall–Kier alpha value is -2.49. The Bertz CT molecular complexity index is 605. The molecule has 1 aliphatic heterocycles. The predicted octanol–water partition coefficient (Wildman–Crippen LogP) is 2.44. The fourth-order valence-electron chi connectivity index (χ4n) is 2.13. The Morgan fingerprint density at radius 3 is 2.42 bits per heavy atom. The van der Waals surface area contributed by atoms with Crippen LogP contribution >= 0.6 is 0 Å². The number of carbonyl (C=O) groups is 1. The number of benzene rings is 1. The smallest absolute Gasteiger partial charge is 0.250 e. The highest BCUT2D eigenvalue weighted by Gasteiger charge is 2.15. The van der Waals surface area contributed by atoms with E-state index in [1.807, 2.05) is 30.3 Å². The van der Waals surface area contributed by atoms with Gasteiger partial charge in [-0.2, -0.15) is 0 Å². The van der Waals surface area contributed by atoms with Crippen molar-refractivity contribution >= 4 is 11.6 Å². The van der Waals surface area contributed by atoms with Gasteiger partial charge in [-0.15, -0.1) is 0 Å². The second-order valence-electron chi connectivity index (χ2n) is 4.35. The number of aromatic nitrogens is 2. The third kappa shape index (κ3) is 2.38. The molecule has 94 valence electrons. The number of nitrogens with zero attached hydrogens (tertiary/aromatic N) is 3. The minimum absolute atomic E-state index is 0.0436. The molecule has 0 fully saturated rings. The van der Waals surface area contributed by atoms with Gasteiger partial charge in [0.15, 0.2) is 0 Å². The summed E-state index contributed by atoms with van der Waals surface area (Å²) in [7, 11) is 0. The minimum atomic E-state index is 0.0436. The van der Waals surface area contributed by atoms with Crippen LogP contribution < -0.4 is 4.90 Å². The fourth-order valence-corrected chi connectivity index (χ4v) is 2.13. The molecule has 0 saturated heterocycles. The van der Waals surface area contributed by atoms with Crippen molar-refractivity contribution < 1.29 is 4.79 Å². The second kappa shape index (κ2) is 5.02. The minimum Gasteiger partial charge on any atom is -0.309 e. The number of rotatable bonds is 2. The second-order valence-corrected chi connectivity index (χ2v) is 4.35. The zero-order valence-electron chi connectivity index (χ0n) is 10.4. The Morgan fingerprint density at radius 1 is 1.00 bits per heavy atom. The maximum absolute atomic E-state index is 11.8. The van der Waals surface area contributed by atoms with E-state index in [0.29, 0.717) is 0 Å². The van der Waals surface area contributed by atoms with E-state index in [1.54, 1.807) is 23.4 Å². The van der Waals surface area contributed by atoms with Crippen molar-refractivity contribution in [2.45, 2.75) is 6.42 Å². The lowest BCUT2D eigenvalue weighted by Crippen LogP contribution is -2.32. The van der Waals surface area contributed by atoms with Crippen LogP contribution in [0.2, 0.25) is 0 Å². The quantitative estimate of drug-likeness (QED) is 0.823. The third-order valence-electron chi connectivity index (χ3n) is 3.12. The molecule has 0 N–H and O–H groups in total. The van der Waals surface area contributed by atoms with E-state index in [9.17, 15) is 4.79 Å². The van der Waals surface area contributed by atoms with Gasteiger partial charge in [-0.3, -0.25) is 4.79 Å². The van der Waals surface area contributed by atoms with Crippen molar-refractivity contribution in [3.63, 3.8) is 0 Å². The highest BCUT2D eigenvalue weighted by Crippen LogP contribution is 2.23. The van der Waals surface area contributed by atoms with Crippen molar-refractivity contribution in [2.24, 2.45) is 0 Å². The predicted molar refractivity (Wildman–Crippen MR) is 73.6 cm³/mol. The van der Waals surface area contributed by atoms with Gasteiger partial charge in [0.25, 0.3) is 5.91 Å². The first-order chi connectivity index (χ1) is 9.34. The number of hydrogen-bond acceptors (Lipinski definition) is 3. The first-order valence-electron chi connectivity index (χ1n) is 6.18. The van der Waals surface area contributed by atoms with E-state index in [2.05, 4.69) is 9.97 Å². The maximum Gasteiger partial charge on any atom is 0.250 e. The molecule has 4 nitrogen and oxygen atoms in total. The van der Waals surface area contributed by atoms with Crippen LogP contribution in [-0.2, 0) is 4.79 Å². The van der Waals surface area contributed by atoms with Crippen molar-refractivity contribution in [2.75, 3.05) is 11.4 Å². The van der Waals surface area contributed by atoms with E-state index in [4.69, 9.17) is 0 Å².